The number of nitrogens with zero attached hydrogens (tertiary/aromatic N) is 3. The Morgan fingerprint density at radius 3 is 2.39 bits per heavy atom. The van der Waals surface area contributed by atoms with Gasteiger partial charge in [-0.25, -0.2) is 0 Å². The number of hydrogen-bond acceptors (Lipinski definition) is 4. The van der Waals surface area contributed by atoms with Crippen molar-refractivity contribution in [1.82, 2.24) is 15.2 Å². The van der Waals surface area contributed by atoms with E-state index in [2.05, 4.69) is 58.2 Å². The van der Waals surface area contributed by atoms with E-state index in [1.54, 1.807) is 0 Å². The molecule has 0 bridgehead atoms. The first-order valence-corrected chi connectivity index (χ1v) is 8.43. The van der Waals surface area contributed by atoms with Crippen molar-refractivity contribution in [2.45, 2.75) is 45.4 Å². The second-order valence-corrected chi connectivity index (χ2v) is 6.55. The van der Waals surface area contributed by atoms with E-state index in [9.17, 15) is 4.79 Å². The van der Waals surface area contributed by atoms with Gasteiger partial charge in [-0.15, -0.1) is 10.2 Å². The Labute approximate surface area is 136 Å². The smallest absolute Gasteiger partial charge is 0.274 e. The van der Waals surface area contributed by atoms with E-state index in [0.29, 0.717) is 24.0 Å². The van der Waals surface area contributed by atoms with Gasteiger partial charge in [-0.3, -0.25) is 9.78 Å². The maximum Gasteiger partial charge on any atom is 0.274 e. The van der Waals surface area contributed by atoms with Crippen LogP contribution in [0.1, 0.15) is 55.8 Å². The van der Waals surface area contributed by atoms with Crippen molar-refractivity contribution in [3.8, 4) is 0 Å². The summed E-state index contributed by atoms with van der Waals surface area (Å²) < 4.78 is 0. The van der Waals surface area contributed by atoms with Crippen molar-refractivity contribution in [3.05, 3.63) is 51.4 Å². The number of H-pyrrole nitrogens is 1. The molecule has 0 atom stereocenters. The zero-order chi connectivity index (χ0) is 16.2. The highest BCUT2D eigenvalue weighted by Crippen LogP contribution is 2.16. The van der Waals surface area contributed by atoms with Gasteiger partial charge in [0.15, 0.2) is 0 Å². The summed E-state index contributed by atoms with van der Waals surface area (Å²) in [6.07, 6.45) is 4.06. The first-order chi connectivity index (χ1) is 11.1. The lowest BCUT2D eigenvalue weighted by molar-refractivity contribution is 0.563. The van der Waals surface area contributed by atoms with Crippen LogP contribution in [0.25, 0.3) is 0 Å². The van der Waals surface area contributed by atoms with Gasteiger partial charge >= 0.3 is 0 Å². The van der Waals surface area contributed by atoms with Crippen LogP contribution in [0.4, 0.5) is 5.95 Å². The number of nitrogens with one attached hydrogen (secondary N) is 1. The first kappa shape index (κ1) is 15.7. The summed E-state index contributed by atoms with van der Waals surface area (Å²) >= 11 is 0. The molecule has 2 aromatic rings. The van der Waals surface area contributed by atoms with Crippen molar-refractivity contribution in [1.29, 1.82) is 0 Å². The van der Waals surface area contributed by atoms with Crippen molar-refractivity contribution in [3.63, 3.8) is 0 Å². The molecule has 1 N–H and O–H groups in total. The largest absolute Gasteiger partial charge is 0.341 e. The summed E-state index contributed by atoms with van der Waals surface area (Å²) in [5, 5.41) is 8.40. The summed E-state index contributed by atoms with van der Waals surface area (Å²) in [5.41, 5.74) is 2.73. The molecule has 2 heterocycles. The van der Waals surface area contributed by atoms with E-state index in [4.69, 9.17) is 0 Å². The van der Waals surface area contributed by atoms with Crippen LogP contribution in [0, 0.1) is 0 Å². The average molecular weight is 312 g/mol. The highest BCUT2D eigenvalue weighted by atomic mass is 16.1. The number of aromatic nitrogens is 3. The number of rotatable bonds is 4. The monoisotopic (exact) mass is 312 g/mol. The number of anilines is 1. The fraction of sp³-hybridized carbons (Fsp3) is 0.500. The molecule has 0 spiro atoms. The first-order valence-electron chi connectivity index (χ1n) is 8.43. The van der Waals surface area contributed by atoms with Crippen LogP contribution in [0.3, 0.4) is 0 Å². The summed E-state index contributed by atoms with van der Waals surface area (Å²) in [4.78, 5) is 17.3. The number of piperidine rings is 1. The predicted molar refractivity (Wildman–Crippen MR) is 92.1 cm³/mol. The van der Waals surface area contributed by atoms with Crippen LogP contribution in [-0.4, -0.2) is 28.3 Å². The van der Waals surface area contributed by atoms with E-state index in [1.807, 2.05) is 0 Å². The van der Waals surface area contributed by atoms with E-state index >= 15 is 0 Å². The second-order valence-electron chi connectivity index (χ2n) is 6.55. The topological polar surface area (TPSA) is 61.9 Å². The number of benzene rings is 1. The van der Waals surface area contributed by atoms with Crippen LogP contribution in [-0.2, 0) is 6.42 Å². The number of hydrogen-bond donors (Lipinski definition) is 1. The van der Waals surface area contributed by atoms with Crippen LogP contribution in [0.2, 0.25) is 0 Å². The third-order valence-corrected chi connectivity index (χ3v) is 4.43. The minimum Gasteiger partial charge on any atom is -0.341 e. The normalized spacial score (nSPS) is 15.2. The Morgan fingerprint density at radius 2 is 1.78 bits per heavy atom. The van der Waals surface area contributed by atoms with Crippen molar-refractivity contribution >= 4 is 5.95 Å². The van der Waals surface area contributed by atoms with E-state index in [0.717, 1.165) is 31.5 Å². The average Bonchev–Trinajstić information content (AvgIpc) is 2.58. The molecule has 0 saturated carbocycles. The highest BCUT2D eigenvalue weighted by Gasteiger charge is 2.15. The van der Waals surface area contributed by atoms with Crippen LogP contribution >= 0.6 is 0 Å². The molecule has 0 unspecified atom stereocenters. The molecular weight excluding hydrogens is 288 g/mol. The van der Waals surface area contributed by atoms with Crippen LogP contribution in [0.15, 0.2) is 29.1 Å². The highest BCUT2D eigenvalue weighted by molar-refractivity contribution is 5.30. The molecule has 5 nitrogen and oxygen atoms in total. The van der Waals surface area contributed by atoms with Gasteiger partial charge in [0, 0.05) is 19.5 Å². The molecule has 1 aromatic heterocycles. The van der Waals surface area contributed by atoms with Gasteiger partial charge in [0.25, 0.3) is 5.56 Å². The van der Waals surface area contributed by atoms with Crippen molar-refractivity contribution in [2.75, 3.05) is 18.0 Å². The lowest BCUT2D eigenvalue weighted by Crippen LogP contribution is -2.33. The molecule has 0 aliphatic carbocycles. The molecule has 1 saturated heterocycles. The van der Waals surface area contributed by atoms with E-state index in [-0.39, 0.29) is 5.56 Å². The Bertz CT molecular complexity index is 700. The summed E-state index contributed by atoms with van der Waals surface area (Å²) in [5.74, 6) is 1.12. The van der Waals surface area contributed by atoms with Gasteiger partial charge in [0.2, 0.25) is 5.95 Å². The zero-order valence-electron chi connectivity index (χ0n) is 13.9. The fourth-order valence-electron chi connectivity index (χ4n) is 2.93. The molecule has 0 amide bonds. The second kappa shape index (κ2) is 6.94. The predicted octanol–water partition coefficient (Wildman–Crippen LogP) is 2.87. The van der Waals surface area contributed by atoms with Crippen molar-refractivity contribution < 1.29 is 0 Å². The minimum atomic E-state index is -0.131. The molecule has 23 heavy (non-hydrogen) atoms. The maximum absolute atomic E-state index is 12.3. The lowest BCUT2D eigenvalue weighted by atomic mass is 10.0. The summed E-state index contributed by atoms with van der Waals surface area (Å²) in [6.45, 7) is 6.23. The molecule has 1 fully saturated rings. The maximum atomic E-state index is 12.3. The summed E-state index contributed by atoms with van der Waals surface area (Å²) in [7, 11) is 0. The van der Waals surface area contributed by atoms with Gasteiger partial charge in [-0.05, 0) is 36.3 Å². The molecule has 1 aromatic carbocycles. The Hall–Kier alpha value is -2.17. The van der Waals surface area contributed by atoms with Gasteiger partial charge < -0.3 is 4.90 Å². The van der Waals surface area contributed by atoms with Crippen LogP contribution < -0.4 is 10.5 Å². The molecule has 1 aliphatic heterocycles. The zero-order valence-corrected chi connectivity index (χ0v) is 13.9. The van der Waals surface area contributed by atoms with E-state index in [1.165, 1.54) is 12.0 Å². The van der Waals surface area contributed by atoms with Gasteiger partial charge in [0.1, 0.15) is 5.69 Å². The molecule has 3 rings (SSSR count). The van der Waals surface area contributed by atoms with Gasteiger partial charge in [0.05, 0.1) is 0 Å². The van der Waals surface area contributed by atoms with Gasteiger partial charge in [-0.2, -0.15) is 0 Å². The molecule has 5 heteroatoms. The Morgan fingerprint density at radius 1 is 1.09 bits per heavy atom. The Balaban J connectivity index is 1.74. The van der Waals surface area contributed by atoms with Crippen LogP contribution in [0.5, 0.6) is 0 Å². The third kappa shape index (κ3) is 3.78. The molecular formula is C18H24N4O. The Kier molecular flexibility index (Phi) is 4.74. The molecule has 0 radical (unpaired) electrons. The lowest BCUT2D eigenvalue weighted by Gasteiger charge is -2.26. The van der Waals surface area contributed by atoms with Gasteiger partial charge in [-0.1, -0.05) is 38.1 Å². The van der Waals surface area contributed by atoms with E-state index < -0.39 is 0 Å². The number of aromatic amines is 1. The fourth-order valence-corrected chi connectivity index (χ4v) is 2.93. The molecule has 1 aliphatic rings. The minimum absolute atomic E-state index is 0.131. The SMILES string of the molecule is CC(C)c1ccc(Cc2nnc(N3CCCCC3)[nH]c2=O)cc1. The standard InChI is InChI=1S/C18H24N4O/c1-13(2)15-8-6-14(7-9-15)12-16-17(23)19-18(21-20-16)22-10-4-3-5-11-22/h6-9,13H,3-5,10-12H2,1-2H3,(H,19,21,23). The third-order valence-electron chi connectivity index (χ3n) is 4.43. The molecule has 122 valence electrons. The summed E-state index contributed by atoms with van der Waals surface area (Å²) in [6, 6.07) is 8.36. The quantitative estimate of drug-likeness (QED) is 0.943. The van der Waals surface area contributed by atoms with Crippen molar-refractivity contribution in [2.24, 2.45) is 0 Å².